The molecule has 0 aliphatic rings. The van der Waals surface area contributed by atoms with Crippen molar-refractivity contribution < 1.29 is 4.74 Å². The minimum Gasteiger partial charge on any atom is -0.502 e. The second kappa shape index (κ2) is 6.68. The van der Waals surface area contributed by atoms with E-state index in [1.54, 1.807) is 6.26 Å². The standard InChI is InChI=1S/C6H11Br3OSi/c1-2-4-10-5-3-6-11(7,8)9/h2,4H,3,5-6H2,1H3. The van der Waals surface area contributed by atoms with Crippen LogP contribution in [0, 0.1) is 0 Å². The molecule has 0 N–H and O–H groups in total. The lowest BCUT2D eigenvalue weighted by molar-refractivity contribution is 0.249. The minimum absolute atomic E-state index is 0.794. The van der Waals surface area contributed by atoms with Gasteiger partial charge in [-0.2, -0.15) is 0 Å². The lowest BCUT2D eigenvalue weighted by atomic mass is 10.5. The summed E-state index contributed by atoms with van der Waals surface area (Å²) in [5.41, 5.74) is 0. The van der Waals surface area contributed by atoms with Crippen molar-refractivity contribution in [3.8, 4) is 0 Å². The Bertz CT molecular complexity index is 121. The first kappa shape index (κ1) is 12.2. The molecule has 0 aliphatic heterocycles. The van der Waals surface area contributed by atoms with E-state index < -0.39 is 3.93 Å². The quantitative estimate of drug-likeness (QED) is 0.309. The number of allylic oxidation sites excluding steroid dienone is 1. The average Bonchev–Trinajstić information content (AvgIpc) is 1.85. The Balaban J connectivity index is 3.15. The van der Waals surface area contributed by atoms with E-state index in [4.69, 9.17) is 4.74 Å². The Morgan fingerprint density at radius 3 is 2.45 bits per heavy atom. The fourth-order valence-electron chi connectivity index (χ4n) is 0.520. The minimum atomic E-state index is -1.38. The van der Waals surface area contributed by atoms with Crippen molar-refractivity contribution >= 4 is 49.8 Å². The van der Waals surface area contributed by atoms with Crippen LogP contribution in [0.3, 0.4) is 0 Å². The highest BCUT2D eigenvalue weighted by Crippen LogP contribution is 2.32. The number of halogens is 3. The maximum atomic E-state index is 5.16. The second-order valence-electron chi connectivity index (χ2n) is 2.06. The Morgan fingerprint density at radius 1 is 1.36 bits per heavy atom. The fourth-order valence-corrected chi connectivity index (χ4v) is 3.59. The van der Waals surface area contributed by atoms with Crippen LogP contribution >= 0.6 is 45.9 Å². The molecule has 0 aromatic rings. The SMILES string of the molecule is CC=COCCC[Si](Br)(Br)Br. The Morgan fingerprint density at radius 2 is 2.00 bits per heavy atom. The molecule has 0 spiro atoms. The topological polar surface area (TPSA) is 9.23 Å². The summed E-state index contributed by atoms with van der Waals surface area (Å²) in [7, 11) is 0. The van der Waals surface area contributed by atoms with Gasteiger partial charge in [-0.15, -0.1) is 0 Å². The molecule has 1 nitrogen and oxygen atoms in total. The van der Waals surface area contributed by atoms with Gasteiger partial charge < -0.3 is 4.74 Å². The zero-order valence-corrected chi connectivity index (χ0v) is 12.1. The third kappa shape index (κ3) is 11.2. The van der Waals surface area contributed by atoms with E-state index >= 15 is 0 Å². The van der Waals surface area contributed by atoms with Crippen molar-refractivity contribution in [3.05, 3.63) is 12.3 Å². The first-order chi connectivity index (χ1) is 5.06. The van der Waals surface area contributed by atoms with E-state index in [-0.39, 0.29) is 0 Å². The van der Waals surface area contributed by atoms with Gasteiger partial charge in [-0.25, -0.2) is 0 Å². The third-order valence-corrected chi connectivity index (χ3v) is 5.44. The predicted octanol–water partition coefficient (Wildman–Crippen LogP) is 4.05. The van der Waals surface area contributed by atoms with E-state index in [2.05, 4.69) is 45.9 Å². The Kier molecular flexibility index (Phi) is 7.41. The molecular formula is C6H11Br3OSi. The van der Waals surface area contributed by atoms with Crippen molar-refractivity contribution in [2.24, 2.45) is 0 Å². The van der Waals surface area contributed by atoms with Crippen molar-refractivity contribution in [2.75, 3.05) is 6.61 Å². The molecule has 0 fully saturated rings. The van der Waals surface area contributed by atoms with Crippen molar-refractivity contribution in [2.45, 2.75) is 19.4 Å². The van der Waals surface area contributed by atoms with Gasteiger partial charge in [0.05, 0.1) is 12.9 Å². The summed E-state index contributed by atoms with van der Waals surface area (Å²) in [6, 6.07) is 1.12. The molecule has 0 amide bonds. The first-order valence-corrected chi connectivity index (χ1v) is 12.3. The average molecular weight is 367 g/mol. The van der Waals surface area contributed by atoms with Gasteiger partial charge in [-0.1, -0.05) is 52.0 Å². The summed E-state index contributed by atoms with van der Waals surface area (Å²) in [5.74, 6) is 0. The Hall–Kier alpha value is 1.20. The molecule has 0 atom stereocenters. The normalized spacial score (nSPS) is 12.4. The molecule has 0 saturated heterocycles. The van der Waals surface area contributed by atoms with Crippen LogP contribution in [0.25, 0.3) is 0 Å². The van der Waals surface area contributed by atoms with Gasteiger partial charge in [0.2, 0.25) is 0 Å². The largest absolute Gasteiger partial charge is 0.502 e. The molecule has 0 unspecified atom stereocenters. The number of hydrogen-bond donors (Lipinski definition) is 0. The van der Waals surface area contributed by atoms with E-state index in [1.807, 2.05) is 13.0 Å². The van der Waals surface area contributed by atoms with E-state index in [1.165, 1.54) is 0 Å². The second-order valence-corrected chi connectivity index (χ2v) is 25.6. The first-order valence-electron chi connectivity index (χ1n) is 3.36. The summed E-state index contributed by atoms with van der Waals surface area (Å²) in [5, 5.41) is 0. The van der Waals surface area contributed by atoms with Gasteiger partial charge in [0, 0.05) is 0 Å². The summed E-state index contributed by atoms with van der Waals surface area (Å²) in [4.78, 5) is 0. The van der Waals surface area contributed by atoms with Gasteiger partial charge in [-0.3, -0.25) is 0 Å². The van der Waals surface area contributed by atoms with E-state index in [0.29, 0.717) is 0 Å². The maximum Gasteiger partial charge on any atom is 0.267 e. The van der Waals surface area contributed by atoms with Gasteiger partial charge in [0.1, 0.15) is 0 Å². The van der Waals surface area contributed by atoms with Crippen LogP contribution in [0.15, 0.2) is 12.3 Å². The molecular weight excluding hydrogens is 356 g/mol. The van der Waals surface area contributed by atoms with Gasteiger partial charge in [-0.05, 0) is 19.4 Å². The van der Waals surface area contributed by atoms with Crippen LogP contribution in [0.1, 0.15) is 13.3 Å². The molecule has 0 aromatic carbocycles. The zero-order valence-electron chi connectivity index (χ0n) is 6.32. The van der Waals surface area contributed by atoms with Crippen LogP contribution < -0.4 is 0 Å². The Labute approximate surface area is 92.3 Å². The number of ether oxygens (including phenoxy) is 1. The molecule has 0 aliphatic carbocycles. The van der Waals surface area contributed by atoms with E-state index in [9.17, 15) is 0 Å². The predicted molar refractivity (Wildman–Crippen MR) is 62.7 cm³/mol. The smallest absolute Gasteiger partial charge is 0.267 e. The number of rotatable bonds is 5. The van der Waals surface area contributed by atoms with Gasteiger partial charge >= 0.3 is 0 Å². The molecule has 0 radical (unpaired) electrons. The van der Waals surface area contributed by atoms with Gasteiger partial charge in [0.25, 0.3) is 3.93 Å². The highest BCUT2D eigenvalue weighted by atomic mass is 80.0. The van der Waals surface area contributed by atoms with Crippen LogP contribution in [0.4, 0.5) is 0 Å². The molecule has 5 heteroatoms. The molecule has 0 rings (SSSR count). The van der Waals surface area contributed by atoms with Crippen molar-refractivity contribution in [1.82, 2.24) is 0 Å². The lowest BCUT2D eigenvalue weighted by Gasteiger charge is -2.07. The molecule has 0 saturated carbocycles. The fraction of sp³-hybridized carbons (Fsp3) is 0.667. The van der Waals surface area contributed by atoms with E-state index in [0.717, 1.165) is 19.1 Å². The molecule has 0 bridgehead atoms. The zero-order chi connectivity index (χ0) is 8.74. The van der Waals surface area contributed by atoms with Crippen molar-refractivity contribution in [3.63, 3.8) is 0 Å². The highest BCUT2D eigenvalue weighted by Gasteiger charge is 2.20. The van der Waals surface area contributed by atoms with Crippen LogP contribution in [0.5, 0.6) is 0 Å². The summed E-state index contributed by atoms with van der Waals surface area (Å²) < 4.78 is 3.77. The molecule has 66 valence electrons. The van der Waals surface area contributed by atoms with Crippen molar-refractivity contribution in [1.29, 1.82) is 0 Å². The molecule has 0 heterocycles. The maximum absolute atomic E-state index is 5.16. The van der Waals surface area contributed by atoms with Crippen LogP contribution in [-0.4, -0.2) is 10.5 Å². The lowest BCUT2D eigenvalue weighted by Crippen LogP contribution is -2.06. The summed E-state index contributed by atoms with van der Waals surface area (Å²) in [6.45, 7) is 2.74. The van der Waals surface area contributed by atoms with Crippen LogP contribution in [0.2, 0.25) is 6.04 Å². The summed E-state index contributed by atoms with van der Waals surface area (Å²) in [6.07, 6.45) is 4.68. The molecule has 0 aromatic heterocycles. The summed E-state index contributed by atoms with van der Waals surface area (Å²) >= 11 is 10.6. The third-order valence-electron chi connectivity index (χ3n) is 0.955. The monoisotopic (exact) mass is 364 g/mol. The molecule has 11 heavy (non-hydrogen) atoms. The number of hydrogen-bond acceptors (Lipinski definition) is 1. The van der Waals surface area contributed by atoms with Gasteiger partial charge in [0.15, 0.2) is 0 Å². The van der Waals surface area contributed by atoms with Crippen LogP contribution in [-0.2, 0) is 4.74 Å². The highest BCUT2D eigenvalue weighted by molar-refractivity contribution is 9.72.